The fraction of sp³-hybridized carbons (Fsp3) is 0.500. The zero-order valence-corrected chi connectivity index (χ0v) is 17.0. The van der Waals surface area contributed by atoms with Crippen molar-refractivity contribution in [2.45, 2.75) is 29.2 Å². The first kappa shape index (κ1) is 20.1. The minimum absolute atomic E-state index is 0.328. The highest BCUT2D eigenvalue weighted by atomic mass is 35.5. The normalized spacial score (nSPS) is 18.3. The molecule has 0 atom stereocenters. The van der Waals surface area contributed by atoms with E-state index in [2.05, 4.69) is 25.6 Å². The zero-order chi connectivity index (χ0) is 19.3. The van der Waals surface area contributed by atoms with Crippen molar-refractivity contribution in [3.05, 3.63) is 29.7 Å². The molecule has 146 valence electrons. The Balaban J connectivity index is 0.00000102. The summed E-state index contributed by atoms with van der Waals surface area (Å²) in [4.78, 5) is 16.2. The molecule has 0 radical (unpaired) electrons. The second kappa shape index (κ2) is 9.05. The van der Waals surface area contributed by atoms with E-state index in [1.165, 1.54) is 25.2 Å². The van der Waals surface area contributed by atoms with Crippen LogP contribution in [0, 0.1) is 5.41 Å². The van der Waals surface area contributed by atoms with Crippen LogP contribution in [-0.4, -0.2) is 48.3 Å². The average Bonchev–Trinajstić information content (AvgIpc) is 3.16. The van der Waals surface area contributed by atoms with Crippen LogP contribution in [0.5, 0.6) is 0 Å². The van der Waals surface area contributed by atoms with Gasteiger partial charge in [-0.25, -0.2) is 15.0 Å². The van der Waals surface area contributed by atoms with Crippen LogP contribution in [0.4, 0.5) is 11.6 Å². The summed E-state index contributed by atoms with van der Waals surface area (Å²) in [5.74, 6) is 1.26. The maximum absolute atomic E-state index is 6.18. The molecule has 2 saturated heterocycles. The Kier molecular flexibility index (Phi) is 6.75. The summed E-state index contributed by atoms with van der Waals surface area (Å²) in [5.41, 5.74) is 10.6. The molecule has 0 aromatic carbocycles. The maximum atomic E-state index is 6.18. The lowest BCUT2D eigenvalue weighted by molar-refractivity contribution is 0.133. The van der Waals surface area contributed by atoms with Crippen molar-refractivity contribution in [2.75, 3.05) is 44.0 Å². The molecule has 9 heteroatoms. The standard InChI is InChI=1S/C17H20ClN5OS.CH5N/c18-15-12(1-5-20-16(15)19)25-14-10-21-13(9-22-14)23-6-2-17(3-7-23)4-8-24-11-17;1-2/h1,5,9-10H,2-4,6-8,11H2,(H2,19,20);2H2,1H3. The number of halogens is 1. The molecule has 2 aliphatic rings. The molecule has 4 heterocycles. The maximum Gasteiger partial charge on any atom is 0.147 e. The number of aromatic nitrogens is 3. The van der Waals surface area contributed by atoms with Crippen LogP contribution in [0.1, 0.15) is 19.3 Å². The lowest BCUT2D eigenvalue weighted by Gasteiger charge is -2.38. The molecule has 27 heavy (non-hydrogen) atoms. The van der Waals surface area contributed by atoms with Crippen molar-refractivity contribution in [3.63, 3.8) is 0 Å². The van der Waals surface area contributed by atoms with Gasteiger partial charge in [-0.3, -0.25) is 0 Å². The van der Waals surface area contributed by atoms with Crippen LogP contribution in [0.15, 0.2) is 34.6 Å². The number of nitrogens with two attached hydrogens (primary N) is 2. The van der Waals surface area contributed by atoms with Gasteiger partial charge < -0.3 is 21.1 Å². The third-order valence-electron chi connectivity index (χ3n) is 5.04. The molecule has 2 fully saturated rings. The topological polar surface area (TPSA) is 103 Å². The third kappa shape index (κ3) is 4.63. The van der Waals surface area contributed by atoms with Gasteiger partial charge in [-0.1, -0.05) is 23.4 Å². The van der Waals surface area contributed by atoms with Gasteiger partial charge in [0.1, 0.15) is 16.7 Å². The van der Waals surface area contributed by atoms with Gasteiger partial charge >= 0.3 is 0 Å². The summed E-state index contributed by atoms with van der Waals surface area (Å²) in [7, 11) is 1.50. The highest BCUT2D eigenvalue weighted by Gasteiger charge is 2.38. The van der Waals surface area contributed by atoms with E-state index < -0.39 is 0 Å². The van der Waals surface area contributed by atoms with E-state index in [1.54, 1.807) is 12.4 Å². The predicted octanol–water partition coefficient (Wildman–Crippen LogP) is 2.84. The van der Waals surface area contributed by atoms with Crippen LogP contribution in [0.3, 0.4) is 0 Å². The van der Waals surface area contributed by atoms with E-state index in [4.69, 9.17) is 22.1 Å². The SMILES string of the molecule is CN.Nc1nccc(Sc2cnc(N3CCC4(CCOC4)CC3)cn2)c1Cl. The first-order valence-electron chi connectivity index (χ1n) is 8.96. The van der Waals surface area contributed by atoms with Gasteiger partial charge in [0.15, 0.2) is 0 Å². The molecule has 2 aromatic rings. The minimum Gasteiger partial charge on any atom is -0.382 e. The van der Waals surface area contributed by atoms with Crippen LogP contribution in [0.2, 0.25) is 5.02 Å². The largest absolute Gasteiger partial charge is 0.382 e. The van der Waals surface area contributed by atoms with Crippen LogP contribution in [-0.2, 0) is 4.74 Å². The number of nitrogen functional groups attached to an aromatic ring is 1. The van der Waals surface area contributed by atoms with E-state index >= 15 is 0 Å². The molecule has 0 unspecified atom stereocenters. The Morgan fingerprint density at radius 2 is 1.93 bits per heavy atom. The third-order valence-corrected chi connectivity index (χ3v) is 6.53. The van der Waals surface area contributed by atoms with E-state index in [0.717, 1.165) is 54.9 Å². The Morgan fingerprint density at radius 1 is 1.15 bits per heavy atom. The first-order chi connectivity index (χ1) is 13.2. The van der Waals surface area contributed by atoms with Crippen molar-refractivity contribution < 1.29 is 4.74 Å². The Bertz CT molecular complexity index is 744. The number of pyridine rings is 1. The molecule has 4 N–H and O–H groups in total. The van der Waals surface area contributed by atoms with Gasteiger partial charge in [0.05, 0.1) is 24.0 Å². The summed E-state index contributed by atoms with van der Waals surface area (Å²) in [5, 5.41) is 1.24. The van der Waals surface area contributed by atoms with Gasteiger partial charge in [-0.05, 0) is 37.8 Å². The van der Waals surface area contributed by atoms with Crippen LogP contribution >= 0.6 is 23.4 Å². The lowest BCUT2D eigenvalue weighted by Crippen LogP contribution is -2.40. The molecule has 2 aliphatic heterocycles. The first-order valence-corrected chi connectivity index (χ1v) is 10.2. The highest BCUT2D eigenvalue weighted by molar-refractivity contribution is 7.99. The number of rotatable bonds is 3. The zero-order valence-electron chi connectivity index (χ0n) is 15.4. The molecule has 0 amide bonds. The fourth-order valence-corrected chi connectivity index (χ4v) is 4.40. The lowest BCUT2D eigenvalue weighted by atomic mass is 9.78. The summed E-state index contributed by atoms with van der Waals surface area (Å²) < 4.78 is 5.60. The number of nitrogens with zero attached hydrogens (tertiary/aromatic N) is 4. The molecule has 0 bridgehead atoms. The molecule has 0 saturated carbocycles. The Hall–Kier alpha value is -1.61. The second-order valence-electron chi connectivity index (χ2n) is 6.61. The summed E-state index contributed by atoms with van der Waals surface area (Å²) >= 11 is 7.62. The van der Waals surface area contributed by atoms with Gasteiger partial charge in [-0.15, -0.1) is 0 Å². The molecule has 0 aliphatic carbocycles. The summed E-state index contributed by atoms with van der Waals surface area (Å²) in [6, 6.07) is 1.83. The number of hydrogen-bond acceptors (Lipinski definition) is 8. The van der Waals surface area contributed by atoms with E-state index in [-0.39, 0.29) is 0 Å². The van der Waals surface area contributed by atoms with Crippen molar-refractivity contribution in [1.82, 2.24) is 15.0 Å². The fourth-order valence-electron chi connectivity index (χ4n) is 3.41. The monoisotopic (exact) mass is 408 g/mol. The molecule has 7 nitrogen and oxygen atoms in total. The Morgan fingerprint density at radius 3 is 2.56 bits per heavy atom. The van der Waals surface area contributed by atoms with Gasteiger partial charge in [-0.2, -0.15) is 0 Å². The number of ether oxygens (including phenoxy) is 1. The van der Waals surface area contributed by atoms with Gasteiger partial charge in [0.25, 0.3) is 0 Å². The smallest absolute Gasteiger partial charge is 0.147 e. The van der Waals surface area contributed by atoms with E-state index in [9.17, 15) is 0 Å². The van der Waals surface area contributed by atoms with Gasteiger partial charge in [0.2, 0.25) is 0 Å². The van der Waals surface area contributed by atoms with Crippen molar-refractivity contribution in [1.29, 1.82) is 0 Å². The van der Waals surface area contributed by atoms with Crippen molar-refractivity contribution >= 4 is 35.0 Å². The van der Waals surface area contributed by atoms with Crippen molar-refractivity contribution in [3.8, 4) is 0 Å². The van der Waals surface area contributed by atoms with E-state index in [1.807, 2.05) is 12.3 Å². The number of piperidine rings is 1. The summed E-state index contributed by atoms with van der Waals surface area (Å²) in [6.07, 6.45) is 8.79. The average molecular weight is 409 g/mol. The summed E-state index contributed by atoms with van der Waals surface area (Å²) in [6.45, 7) is 3.85. The Labute approximate surface area is 168 Å². The second-order valence-corrected chi connectivity index (χ2v) is 8.05. The minimum atomic E-state index is 0.328. The van der Waals surface area contributed by atoms with Gasteiger partial charge in [0, 0.05) is 30.8 Å². The van der Waals surface area contributed by atoms with Crippen LogP contribution < -0.4 is 16.4 Å². The van der Waals surface area contributed by atoms with E-state index in [0.29, 0.717) is 16.3 Å². The highest BCUT2D eigenvalue weighted by Crippen LogP contribution is 2.40. The van der Waals surface area contributed by atoms with Crippen molar-refractivity contribution in [2.24, 2.45) is 11.1 Å². The molecule has 1 spiro atoms. The number of hydrogen-bond donors (Lipinski definition) is 2. The molecular weight excluding hydrogens is 384 g/mol. The molecule has 2 aromatic heterocycles. The number of anilines is 2. The predicted molar refractivity (Wildman–Crippen MR) is 109 cm³/mol. The molecule has 4 rings (SSSR count). The quantitative estimate of drug-likeness (QED) is 0.798. The molecular formula is C18H25ClN6OS. The van der Waals surface area contributed by atoms with Crippen LogP contribution in [0.25, 0.3) is 0 Å².